The zero-order chi connectivity index (χ0) is 27.8. The van der Waals surface area contributed by atoms with Crippen LogP contribution in [0.1, 0.15) is 49.1 Å². The summed E-state index contributed by atoms with van der Waals surface area (Å²) in [7, 11) is 0. The first-order valence-electron chi connectivity index (χ1n) is 14.5. The van der Waals surface area contributed by atoms with Gasteiger partial charge in [0.1, 0.15) is 23.8 Å². The number of aliphatic hydroxyl groups is 2. The summed E-state index contributed by atoms with van der Waals surface area (Å²) in [5.74, 6) is 0.978. The molecule has 7 nitrogen and oxygen atoms in total. The van der Waals surface area contributed by atoms with Crippen LogP contribution in [0.5, 0.6) is 5.75 Å². The number of benzene rings is 2. The molecule has 3 aliphatic carbocycles. The van der Waals surface area contributed by atoms with Gasteiger partial charge in [-0.15, -0.1) is 0 Å². The molecule has 2 fully saturated rings. The van der Waals surface area contributed by atoms with Crippen LogP contribution in [0.15, 0.2) is 60.2 Å². The number of fused-ring (bicyclic) bond motifs is 5. The van der Waals surface area contributed by atoms with E-state index < -0.39 is 24.2 Å². The van der Waals surface area contributed by atoms with Crippen molar-refractivity contribution in [3.8, 4) is 5.75 Å². The SMILES string of the molecule is O=C(NCCO)C1=C[C@@H](N(CCc2cccc(F)c2)C(=O)CC2CC3CCC2C3)[C@H](O)[C@H]2Oc3ccccc3[C@@H]12. The van der Waals surface area contributed by atoms with Crippen molar-refractivity contribution < 1.29 is 28.9 Å². The summed E-state index contributed by atoms with van der Waals surface area (Å²) >= 11 is 0. The average molecular weight is 549 g/mol. The first-order chi connectivity index (χ1) is 19.4. The van der Waals surface area contributed by atoms with E-state index >= 15 is 0 Å². The van der Waals surface area contributed by atoms with Crippen molar-refractivity contribution in [1.29, 1.82) is 0 Å². The number of amides is 2. The Kier molecular flexibility index (Phi) is 7.64. The third-order valence-electron chi connectivity index (χ3n) is 9.41. The molecule has 8 heteroatoms. The quantitative estimate of drug-likeness (QED) is 0.447. The van der Waals surface area contributed by atoms with E-state index in [2.05, 4.69) is 5.32 Å². The number of carbonyl (C=O) groups is 2. The molecular weight excluding hydrogens is 511 g/mol. The Morgan fingerprint density at radius 3 is 2.70 bits per heavy atom. The highest BCUT2D eigenvalue weighted by molar-refractivity contribution is 5.96. The van der Waals surface area contributed by atoms with Gasteiger partial charge >= 0.3 is 0 Å². The lowest BCUT2D eigenvalue weighted by Gasteiger charge is -2.41. The largest absolute Gasteiger partial charge is 0.486 e. The van der Waals surface area contributed by atoms with Gasteiger partial charge in [-0.05, 0) is 73.3 Å². The highest BCUT2D eigenvalue weighted by Crippen LogP contribution is 2.50. The number of hydrogen-bond donors (Lipinski definition) is 3. The van der Waals surface area contributed by atoms with E-state index in [4.69, 9.17) is 4.74 Å². The van der Waals surface area contributed by atoms with Gasteiger partial charge in [0.15, 0.2) is 0 Å². The first kappa shape index (κ1) is 27.0. The van der Waals surface area contributed by atoms with E-state index in [-0.39, 0.29) is 37.3 Å². The molecule has 7 atom stereocenters. The maximum Gasteiger partial charge on any atom is 0.247 e. The minimum absolute atomic E-state index is 0.0571. The number of nitrogens with zero attached hydrogens (tertiary/aromatic N) is 1. The second-order valence-electron chi connectivity index (χ2n) is 11.8. The van der Waals surface area contributed by atoms with Crippen LogP contribution in [0.4, 0.5) is 4.39 Å². The summed E-state index contributed by atoms with van der Waals surface area (Å²) in [6.45, 7) is 0.168. The summed E-state index contributed by atoms with van der Waals surface area (Å²) in [5.41, 5.74) is 1.99. The van der Waals surface area contributed by atoms with Crippen molar-refractivity contribution in [1.82, 2.24) is 10.2 Å². The molecule has 1 aliphatic heterocycles. The highest BCUT2D eigenvalue weighted by atomic mass is 19.1. The smallest absolute Gasteiger partial charge is 0.247 e. The average Bonchev–Trinajstić information content (AvgIpc) is 3.68. The molecule has 4 aliphatic rings. The molecule has 0 aromatic heterocycles. The molecule has 2 aromatic rings. The van der Waals surface area contributed by atoms with Crippen molar-refractivity contribution in [3.63, 3.8) is 0 Å². The summed E-state index contributed by atoms with van der Waals surface area (Å²) in [6, 6.07) is 13.0. The highest BCUT2D eigenvalue weighted by Gasteiger charge is 2.51. The minimum atomic E-state index is -1.07. The fourth-order valence-electron chi connectivity index (χ4n) is 7.54. The Hall–Kier alpha value is -3.23. The molecule has 6 rings (SSSR count). The van der Waals surface area contributed by atoms with Gasteiger partial charge in [0.2, 0.25) is 11.8 Å². The van der Waals surface area contributed by atoms with Gasteiger partial charge in [-0.1, -0.05) is 36.8 Å². The monoisotopic (exact) mass is 548 g/mol. The van der Waals surface area contributed by atoms with E-state index in [9.17, 15) is 24.2 Å². The fraction of sp³-hybridized carbons (Fsp3) is 0.500. The van der Waals surface area contributed by atoms with E-state index in [1.807, 2.05) is 30.3 Å². The summed E-state index contributed by atoms with van der Waals surface area (Å²) in [5, 5.41) is 23.8. The third-order valence-corrected chi connectivity index (χ3v) is 9.41. The van der Waals surface area contributed by atoms with Gasteiger partial charge in [0, 0.05) is 30.6 Å². The van der Waals surface area contributed by atoms with Gasteiger partial charge in [-0.25, -0.2) is 4.39 Å². The number of halogens is 1. The van der Waals surface area contributed by atoms with Crippen LogP contribution >= 0.6 is 0 Å². The molecule has 1 heterocycles. The molecule has 2 aromatic carbocycles. The summed E-state index contributed by atoms with van der Waals surface area (Å²) < 4.78 is 20.1. The Balaban J connectivity index is 1.33. The molecule has 2 amide bonds. The zero-order valence-corrected chi connectivity index (χ0v) is 22.5. The number of nitrogens with one attached hydrogen (secondary N) is 1. The van der Waals surface area contributed by atoms with Crippen molar-refractivity contribution in [2.45, 2.75) is 62.7 Å². The molecule has 40 heavy (non-hydrogen) atoms. The van der Waals surface area contributed by atoms with Crippen LogP contribution < -0.4 is 10.1 Å². The molecule has 2 bridgehead atoms. The molecule has 212 valence electrons. The van der Waals surface area contributed by atoms with E-state index in [1.165, 1.54) is 31.4 Å². The maximum atomic E-state index is 14.0. The Bertz CT molecular complexity index is 1300. The number of carbonyl (C=O) groups excluding carboxylic acids is 2. The van der Waals surface area contributed by atoms with Crippen molar-refractivity contribution in [2.75, 3.05) is 19.7 Å². The molecule has 0 saturated heterocycles. The number of ether oxygens (including phenoxy) is 1. The number of aliphatic hydroxyl groups excluding tert-OH is 2. The van der Waals surface area contributed by atoms with Crippen molar-refractivity contribution >= 4 is 11.8 Å². The fourth-order valence-corrected chi connectivity index (χ4v) is 7.54. The third kappa shape index (κ3) is 5.15. The molecule has 0 spiro atoms. The van der Waals surface area contributed by atoms with Crippen LogP contribution in [-0.4, -0.2) is 64.9 Å². The normalized spacial score (nSPS) is 29.8. The van der Waals surface area contributed by atoms with Crippen LogP contribution in [0, 0.1) is 23.6 Å². The lowest BCUT2D eigenvalue weighted by atomic mass is 9.77. The predicted octanol–water partition coefficient (Wildman–Crippen LogP) is 3.35. The van der Waals surface area contributed by atoms with Gasteiger partial charge in [-0.3, -0.25) is 9.59 Å². The topological polar surface area (TPSA) is 99.1 Å². The van der Waals surface area contributed by atoms with Gasteiger partial charge in [-0.2, -0.15) is 0 Å². The molecule has 3 unspecified atom stereocenters. The van der Waals surface area contributed by atoms with Gasteiger partial charge < -0.3 is 25.2 Å². The number of rotatable bonds is 9. The molecular formula is C32H37FN2O5. The number of para-hydroxylation sites is 1. The Morgan fingerprint density at radius 2 is 1.95 bits per heavy atom. The van der Waals surface area contributed by atoms with Crippen LogP contribution in [0.25, 0.3) is 0 Å². The Morgan fingerprint density at radius 1 is 1.10 bits per heavy atom. The van der Waals surface area contributed by atoms with Crippen molar-refractivity contribution in [3.05, 3.63) is 77.1 Å². The van der Waals surface area contributed by atoms with Gasteiger partial charge in [0.25, 0.3) is 0 Å². The maximum absolute atomic E-state index is 14.0. The predicted molar refractivity (Wildman–Crippen MR) is 147 cm³/mol. The number of hydrogen-bond acceptors (Lipinski definition) is 5. The van der Waals surface area contributed by atoms with Crippen molar-refractivity contribution in [2.24, 2.45) is 17.8 Å². The van der Waals surface area contributed by atoms with Crippen LogP contribution in [0.2, 0.25) is 0 Å². The first-order valence-corrected chi connectivity index (χ1v) is 14.5. The standard InChI is InChI=1S/C32H37FN2O5/c33-23-5-3-4-19(16-23)10-12-35(28(37)17-22-15-20-8-9-21(22)14-20)26-18-25(32(39)34-11-13-36)29-24-6-1-2-7-27(24)40-31(29)30(26)38/h1-7,16,18,20-22,26,29-31,36,38H,8-15,17H2,(H,34,39)/t20?,21?,22?,26-,29+,30+,31+/m1/s1. The Labute approximate surface area is 234 Å². The van der Waals surface area contributed by atoms with E-state index in [1.54, 1.807) is 17.0 Å². The molecule has 3 N–H and O–H groups in total. The second-order valence-corrected chi connectivity index (χ2v) is 11.8. The van der Waals surface area contributed by atoms with E-state index in [0.717, 1.165) is 17.5 Å². The minimum Gasteiger partial charge on any atom is -0.486 e. The molecule has 2 saturated carbocycles. The zero-order valence-electron chi connectivity index (χ0n) is 22.5. The molecule has 0 radical (unpaired) electrons. The van der Waals surface area contributed by atoms with Crippen LogP contribution in [0.3, 0.4) is 0 Å². The lowest BCUT2D eigenvalue weighted by molar-refractivity contribution is -0.138. The van der Waals surface area contributed by atoms with E-state index in [0.29, 0.717) is 41.9 Å². The summed E-state index contributed by atoms with van der Waals surface area (Å²) in [6.07, 6.45) is 5.40. The lowest BCUT2D eigenvalue weighted by Crippen LogP contribution is -2.56. The van der Waals surface area contributed by atoms with Crippen LogP contribution in [-0.2, 0) is 16.0 Å². The van der Waals surface area contributed by atoms with Gasteiger partial charge in [0.05, 0.1) is 18.6 Å². The second kappa shape index (κ2) is 11.3. The summed E-state index contributed by atoms with van der Waals surface area (Å²) in [4.78, 5) is 29.1.